The molecule has 1 atom stereocenters. The summed E-state index contributed by atoms with van der Waals surface area (Å²) >= 11 is 0. The molecular weight excluding hydrogens is 536 g/mol. The first-order valence-electron chi connectivity index (χ1n) is 14.2. The van der Waals surface area contributed by atoms with E-state index in [4.69, 9.17) is 24.6 Å². The second kappa shape index (κ2) is 10.5. The number of nitrogens with zero attached hydrogens (tertiary/aromatic N) is 5. The van der Waals surface area contributed by atoms with Crippen molar-refractivity contribution in [3.63, 3.8) is 0 Å². The van der Waals surface area contributed by atoms with E-state index in [0.717, 1.165) is 56.5 Å². The van der Waals surface area contributed by atoms with E-state index in [1.165, 1.54) is 0 Å². The number of rotatable bonds is 5. The van der Waals surface area contributed by atoms with Crippen LogP contribution >= 0.6 is 0 Å². The Morgan fingerprint density at radius 3 is 2.37 bits per heavy atom. The molecule has 214 valence electrons. The number of aryl methyl sites for hydroxylation is 3. The highest BCUT2D eigenvalue weighted by Gasteiger charge is 2.43. The number of hydrogen-bond acceptors (Lipinski definition) is 7. The zero-order chi connectivity index (χ0) is 29.7. The lowest BCUT2D eigenvalue weighted by Gasteiger charge is -2.41. The predicted molar refractivity (Wildman–Crippen MR) is 172 cm³/mol. The van der Waals surface area contributed by atoms with E-state index >= 15 is 0 Å². The van der Waals surface area contributed by atoms with Crippen LogP contribution in [0.25, 0.3) is 5.69 Å². The van der Waals surface area contributed by atoms with Crippen molar-refractivity contribution in [1.82, 2.24) is 9.78 Å². The monoisotopic (exact) mass is 568 g/mol. The maximum Gasteiger partial charge on any atom is 0.179 e. The molecule has 1 aromatic heterocycles. The number of aliphatic imine (C=N–C) groups is 2. The van der Waals surface area contributed by atoms with E-state index in [9.17, 15) is 0 Å². The third kappa shape index (κ3) is 4.34. The van der Waals surface area contributed by atoms with Crippen LogP contribution < -0.4 is 19.7 Å². The Balaban J connectivity index is 1.53. The Bertz CT molecular complexity index is 1920. The molecule has 43 heavy (non-hydrogen) atoms. The van der Waals surface area contributed by atoms with Crippen LogP contribution in [0.5, 0.6) is 11.5 Å². The molecule has 0 unspecified atom stereocenters. The van der Waals surface area contributed by atoms with E-state index in [2.05, 4.69) is 54.4 Å². The van der Waals surface area contributed by atoms with Gasteiger partial charge in [-0.1, -0.05) is 54.6 Å². The predicted octanol–water partition coefficient (Wildman–Crippen LogP) is 7.61. The van der Waals surface area contributed by atoms with Crippen molar-refractivity contribution in [2.75, 3.05) is 24.4 Å². The van der Waals surface area contributed by atoms with Crippen molar-refractivity contribution in [2.45, 2.75) is 26.8 Å². The van der Waals surface area contributed by atoms with Crippen LogP contribution in [-0.4, -0.2) is 35.7 Å². The number of ether oxygens (including phenoxy) is 2. The molecule has 0 bridgehead atoms. The maximum absolute atomic E-state index is 6.02. The molecule has 0 spiro atoms. The summed E-state index contributed by atoms with van der Waals surface area (Å²) in [6, 6.07) is 30.3. The van der Waals surface area contributed by atoms with Gasteiger partial charge in [0.05, 0.1) is 43.0 Å². The number of para-hydroxylation sites is 4. The van der Waals surface area contributed by atoms with Crippen molar-refractivity contribution < 1.29 is 9.47 Å². The summed E-state index contributed by atoms with van der Waals surface area (Å²) in [6.07, 6.45) is 0. The molecule has 2 aliphatic rings. The van der Waals surface area contributed by atoms with E-state index < -0.39 is 0 Å². The summed E-state index contributed by atoms with van der Waals surface area (Å²) in [5, 5.41) is 8.68. The van der Waals surface area contributed by atoms with Crippen molar-refractivity contribution in [2.24, 2.45) is 9.98 Å². The second-order valence-electron chi connectivity index (χ2n) is 10.8. The highest BCUT2D eigenvalue weighted by Crippen LogP contribution is 2.51. The van der Waals surface area contributed by atoms with Crippen molar-refractivity contribution in [1.29, 1.82) is 0 Å². The molecule has 7 rings (SSSR count). The topological polar surface area (TPSA) is 76.3 Å². The summed E-state index contributed by atoms with van der Waals surface area (Å²) in [5.41, 5.74) is 8.78. The fourth-order valence-corrected chi connectivity index (χ4v) is 5.97. The molecule has 2 aliphatic heterocycles. The zero-order valence-electron chi connectivity index (χ0n) is 24.8. The lowest BCUT2D eigenvalue weighted by atomic mass is 9.92. The number of aromatic nitrogens is 2. The van der Waals surface area contributed by atoms with E-state index in [1.54, 1.807) is 14.2 Å². The average molecular weight is 569 g/mol. The minimum atomic E-state index is -0.336. The number of anilines is 2. The number of benzene rings is 4. The van der Waals surface area contributed by atoms with E-state index in [1.807, 2.05) is 72.3 Å². The molecule has 8 nitrogen and oxygen atoms in total. The van der Waals surface area contributed by atoms with Crippen LogP contribution in [0.15, 0.2) is 101 Å². The Kier molecular flexibility index (Phi) is 6.46. The number of nitrogens with one attached hydrogen (secondary N) is 1. The third-order valence-electron chi connectivity index (χ3n) is 8.01. The van der Waals surface area contributed by atoms with Crippen LogP contribution in [0.3, 0.4) is 0 Å². The van der Waals surface area contributed by atoms with Gasteiger partial charge in [0.1, 0.15) is 0 Å². The van der Waals surface area contributed by atoms with Crippen LogP contribution in [0.4, 0.5) is 22.9 Å². The smallest absolute Gasteiger partial charge is 0.179 e. The number of hydrogen-bond donors (Lipinski definition) is 1. The Morgan fingerprint density at radius 1 is 0.791 bits per heavy atom. The van der Waals surface area contributed by atoms with Crippen LogP contribution in [0.2, 0.25) is 0 Å². The second-order valence-corrected chi connectivity index (χ2v) is 10.8. The van der Waals surface area contributed by atoms with Gasteiger partial charge in [-0.25, -0.2) is 14.7 Å². The zero-order valence-corrected chi connectivity index (χ0v) is 24.8. The minimum Gasteiger partial charge on any atom is -0.493 e. The minimum absolute atomic E-state index is 0.336. The van der Waals surface area contributed by atoms with Gasteiger partial charge in [0.2, 0.25) is 0 Å². The highest BCUT2D eigenvalue weighted by atomic mass is 16.5. The van der Waals surface area contributed by atoms with Crippen LogP contribution in [0, 0.1) is 20.8 Å². The van der Waals surface area contributed by atoms with E-state index in [0.29, 0.717) is 23.2 Å². The SMILES string of the molecule is COc1cccc([C@@H]2c3c(C)nn(-c4ccccc4)c3N=C3C(Nc4cc(C)ccc4C)=Nc4ccccc4N32)c1OC. The molecule has 0 fully saturated rings. The molecule has 4 aromatic carbocycles. The van der Waals surface area contributed by atoms with Gasteiger partial charge in [0.15, 0.2) is 29.0 Å². The molecule has 0 amide bonds. The molecular formula is C35H32N6O2. The van der Waals surface area contributed by atoms with Gasteiger partial charge in [-0.05, 0) is 68.3 Å². The quantitative estimate of drug-likeness (QED) is 0.236. The largest absolute Gasteiger partial charge is 0.493 e. The fourth-order valence-electron chi connectivity index (χ4n) is 5.97. The molecule has 0 aliphatic carbocycles. The highest BCUT2D eigenvalue weighted by molar-refractivity contribution is 6.51. The first-order chi connectivity index (χ1) is 21.0. The molecule has 0 radical (unpaired) electrons. The number of fused-ring (bicyclic) bond motifs is 4. The van der Waals surface area contributed by atoms with Gasteiger partial charge in [0, 0.05) is 16.8 Å². The van der Waals surface area contributed by atoms with Gasteiger partial charge in [0.25, 0.3) is 0 Å². The molecule has 1 N–H and O–H groups in total. The first kappa shape index (κ1) is 26.5. The third-order valence-corrected chi connectivity index (χ3v) is 8.01. The Morgan fingerprint density at radius 2 is 1.58 bits per heavy atom. The van der Waals surface area contributed by atoms with Gasteiger partial charge in [-0.2, -0.15) is 5.10 Å². The molecule has 8 heteroatoms. The standard InChI is InChI=1S/C35H32N6O2/c1-21-18-19-22(2)27(20-21)37-33-35-38-34-30(23(3)39-41(34)24-12-7-6-8-13-24)31(25-14-11-17-29(42-4)32(25)43-5)40(35)28-16-10-9-15-26(28)36-33/h6-20,31H,1-5H3,(H,36,37)/t31-/m1/s1. The first-order valence-corrected chi connectivity index (χ1v) is 14.2. The van der Waals surface area contributed by atoms with Crippen molar-refractivity contribution in [3.8, 4) is 17.2 Å². The van der Waals surface area contributed by atoms with E-state index in [-0.39, 0.29) is 6.04 Å². The average Bonchev–Trinajstić information content (AvgIpc) is 3.37. The number of methoxy groups -OCH3 is 2. The summed E-state index contributed by atoms with van der Waals surface area (Å²) in [7, 11) is 3.34. The Labute approximate surface area is 251 Å². The van der Waals surface area contributed by atoms with Crippen molar-refractivity contribution in [3.05, 3.63) is 119 Å². The fraction of sp³-hybridized carbons (Fsp3) is 0.171. The molecule has 3 heterocycles. The van der Waals surface area contributed by atoms with Gasteiger partial charge < -0.3 is 19.7 Å². The lowest BCUT2D eigenvalue weighted by Crippen LogP contribution is -2.46. The number of amidine groups is 2. The van der Waals surface area contributed by atoms with Crippen LogP contribution in [-0.2, 0) is 0 Å². The summed E-state index contributed by atoms with van der Waals surface area (Å²) in [4.78, 5) is 12.7. The van der Waals surface area contributed by atoms with Gasteiger partial charge in [-0.15, -0.1) is 0 Å². The normalized spacial score (nSPS) is 15.1. The van der Waals surface area contributed by atoms with Crippen molar-refractivity contribution >= 4 is 34.6 Å². The summed E-state index contributed by atoms with van der Waals surface area (Å²) in [6.45, 7) is 6.22. The maximum atomic E-state index is 6.02. The lowest BCUT2D eigenvalue weighted by molar-refractivity contribution is 0.350. The summed E-state index contributed by atoms with van der Waals surface area (Å²) in [5.74, 6) is 3.42. The molecule has 0 saturated carbocycles. The van der Waals surface area contributed by atoms with Crippen LogP contribution in [0.1, 0.15) is 34.0 Å². The van der Waals surface area contributed by atoms with Gasteiger partial charge >= 0.3 is 0 Å². The Hall–Kier alpha value is -5.37. The van der Waals surface area contributed by atoms with Gasteiger partial charge in [-0.3, -0.25) is 0 Å². The molecule has 5 aromatic rings. The summed E-state index contributed by atoms with van der Waals surface area (Å²) < 4.78 is 13.7. The molecule has 0 saturated heterocycles.